The third-order valence-electron chi connectivity index (χ3n) is 5.71. The van der Waals surface area contributed by atoms with Crippen LogP contribution in [0.15, 0.2) is 60.0 Å². The van der Waals surface area contributed by atoms with E-state index in [9.17, 15) is 23.2 Å². The summed E-state index contributed by atoms with van der Waals surface area (Å²) in [5.41, 5.74) is 1.85. The molecule has 2 atom stereocenters. The van der Waals surface area contributed by atoms with Gasteiger partial charge in [0.2, 0.25) is 17.7 Å². The predicted molar refractivity (Wildman–Crippen MR) is 126 cm³/mol. The van der Waals surface area contributed by atoms with Gasteiger partial charge in [-0.1, -0.05) is 23.8 Å². The van der Waals surface area contributed by atoms with Crippen LogP contribution in [0.1, 0.15) is 29.3 Å². The van der Waals surface area contributed by atoms with Crippen molar-refractivity contribution in [3.63, 3.8) is 0 Å². The summed E-state index contributed by atoms with van der Waals surface area (Å²) < 4.78 is 26.4. The second-order valence-corrected chi connectivity index (χ2v) is 9.08. The molecule has 3 aromatic rings. The molecule has 0 bridgehead atoms. The van der Waals surface area contributed by atoms with Crippen molar-refractivity contribution in [3.8, 4) is 0 Å². The first-order chi connectivity index (χ1) is 16.3. The van der Waals surface area contributed by atoms with Gasteiger partial charge >= 0.3 is 0 Å². The number of piperidine rings is 1. The van der Waals surface area contributed by atoms with Gasteiger partial charge in [0.25, 0.3) is 0 Å². The van der Waals surface area contributed by atoms with Gasteiger partial charge in [0.1, 0.15) is 0 Å². The van der Waals surface area contributed by atoms with Gasteiger partial charge in [0, 0.05) is 28.7 Å². The second-order valence-electron chi connectivity index (χ2n) is 8.10. The fourth-order valence-corrected chi connectivity index (χ4v) is 4.92. The van der Waals surface area contributed by atoms with Crippen molar-refractivity contribution in [2.45, 2.75) is 25.8 Å². The van der Waals surface area contributed by atoms with Gasteiger partial charge in [-0.2, -0.15) is 0 Å². The van der Waals surface area contributed by atoms with E-state index in [0.717, 1.165) is 22.6 Å². The molecule has 0 spiro atoms. The Balaban J connectivity index is 1.50. The number of thiophene rings is 1. The molecule has 34 heavy (non-hydrogen) atoms. The van der Waals surface area contributed by atoms with Gasteiger partial charge in [-0.3, -0.25) is 14.4 Å². The third kappa shape index (κ3) is 5.14. The van der Waals surface area contributed by atoms with E-state index in [2.05, 4.69) is 10.6 Å². The number of carbonyl (C=O) groups is 3. The van der Waals surface area contributed by atoms with E-state index in [1.807, 2.05) is 48.7 Å². The van der Waals surface area contributed by atoms with Gasteiger partial charge in [-0.05, 0) is 49.1 Å². The molecule has 2 heterocycles. The van der Waals surface area contributed by atoms with E-state index in [1.165, 1.54) is 17.4 Å². The van der Waals surface area contributed by atoms with Gasteiger partial charge in [0.15, 0.2) is 11.6 Å². The summed E-state index contributed by atoms with van der Waals surface area (Å²) in [4.78, 5) is 40.9. The van der Waals surface area contributed by atoms with E-state index >= 15 is 0 Å². The second kappa shape index (κ2) is 10.1. The Hall–Kier alpha value is -3.59. The topological polar surface area (TPSA) is 78.5 Å². The van der Waals surface area contributed by atoms with E-state index in [-0.39, 0.29) is 30.5 Å². The molecule has 0 saturated carbocycles. The number of aryl methyl sites for hydroxylation is 1. The Morgan fingerprint density at radius 2 is 1.85 bits per heavy atom. The Labute approximate surface area is 199 Å². The summed E-state index contributed by atoms with van der Waals surface area (Å²) in [7, 11) is 0. The molecule has 4 rings (SSSR count). The molecule has 2 unspecified atom stereocenters. The van der Waals surface area contributed by atoms with Crippen LogP contribution in [0.3, 0.4) is 0 Å². The van der Waals surface area contributed by atoms with Crippen LogP contribution in [0.4, 0.5) is 20.2 Å². The summed E-state index contributed by atoms with van der Waals surface area (Å²) in [6, 6.07) is 13.8. The van der Waals surface area contributed by atoms with Crippen LogP contribution >= 0.6 is 11.3 Å². The Morgan fingerprint density at radius 3 is 2.53 bits per heavy atom. The average molecular weight is 484 g/mol. The number of benzene rings is 2. The zero-order valence-corrected chi connectivity index (χ0v) is 19.2. The number of halogens is 2. The normalized spacial score (nSPS) is 18.0. The van der Waals surface area contributed by atoms with E-state index in [0.29, 0.717) is 12.1 Å². The summed E-state index contributed by atoms with van der Waals surface area (Å²) in [6.07, 6.45) is 0.551. The van der Waals surface area contributed by atoms with Crippen molar-refractivity contribution in [1.29, 1.82) is 0 Å². The van der Waals surface area contributed by atoms with Gasteiger partial charge in [0.05, 0.1) is 18.5 Å². The standard InChI is InChI=1S/C25H23F2N3O3S/c1-15-4-7-17(8-5-15)30-23(32)11-9-18(24(30)21-3-2-12-34-21)25(33)28-14-22(31)29-16-6-10-19(26)20(27)13-16/h2-8,10,12-13,18,24H,9,11,14H2,1H3,(H,28,33)(H,29,31). The van der Waals surface area contributed by atoms with Crippen molar-refractivity contribution in [1.82, 2.24) is 5.32 Å². The maximum atomic E-state index is 13.4. The number of hydrogen-bond acceptors (Lipinski definition) is 4. The lowest BCUT2D eigenvalue weighted by Gasteiger charge is -2.40. The van der Waals surface area contributed by atoms with Crippen molar-refractivity contribution >= 4 is 40.4 Å². The van der Waals surface area contributed by atoms with Crippen molar-refractivity contribution in [2.75, 3.05) is 16.8 Å². The first-order valence-electron chi connectivity index (χ1n) is 10.8. The molecule has 1 saturated heterocycles. The fourth-order valence-electron chi connectivity index (χ4n) is 4.04. The maximum absolute atomic E-state index is 13.4. The van der Waals surface area contributed by atoms with Crippen LogP contribution in [-0.2, 0) is 14.4 Å². The van der Waals surface area contributed by atoms with Crippen LogP contribution in [-0.4, -0.2) is 24.3 Å². The first kappa shape index (κ1) is 23.6. The number of nitrogens with one attached hydrogen (secondary N) is 2. The molecular weight excluding hydrogens is 460 g/mol. The molecule has 1 aliphatic rings. The zero-order chi connectivity index (χ0) is 24.2. The molecule has 1 aromatic heterocycles. The van der Waals surface area contributed by atoms with E-state index in [1.54, 1.807) is 4.90 Å². The number of amides is 3. The van der Waals surface area contributed by atoms with E-state index in [4.69, 9.17) is 0 Å². The Kier molecular flexibility index (Phi) is 7.02. The lowest BCUT2D eigenvalue weighted by Crippen LogP contribution is -2.49. The van der Waals surface area contributed by atoms with Gasteiger partial charge < -0.3 is 15.5 Å². The number of anilines is 2. The fraction of sp³-hybridized carbons (Fsp3) is 0.240. The van der Waals surface area contributed by atoms with Crippen LogP contribution in [0.2, 0.25) is 0 Å². The quantitative estimate of drug-likeness (QED) is 0.539. The minimum atomic E-state index is -1.08. The summed E-state index contributed by atoms with van der Waals surface area (Å²) in [5, 5.41) is 6.96. The molecule has 0 radical (unpaired) electrons. The van der Waals surface area contributed by atoms with Crippen LogP contribution in [0.5, 0.6) is 0 Å². The molecule has 1 fully saturated rings. The first-order valence-corrected chi connectivity index (χ1v) is 11.7. The number of nitrogens with zero attached hydrogens (tertiary/aromatic N) is 1. The lowest BCUT2D eigenvalue weighted by atomic mass is 9.86. The van der Waals surface area contributed by atoms with Gasteiger partial charge in [-0.15, -0.1) is 11.3 Å². The highest BCUT2D eigenvalue weighted by molar-refractivity contribution is 7.10. The minimum Gasteiger partial charge on any atom is -0.347 e. The number of carbonyl (C=O) groups excluding carboxylic acids is 3. The number of hydrogen-bond donors (Lipinski definition) is 2. The highest BCUT2D eigenvalue weighted by Crippen LogP contribution is 2.41. The maximum Gasteiger partial charge on any atom is 0.243 e. The Morgan fingerprint density at radius 1 is 1.09 bits per heavy atom. The average Bonchev–Trinajstić information content (AvgIpc) is 3.35. The molecule has 1 aliphatic heterocycles. The highest BCUT2D eigenvalue weighted by atomic mass is 32.1. The smallest absolute Gasteiger partial charge is 0.243 e. The third-order valence-corrected chi connectivity index (χ3v) is 6.65. The molecule has 176 valence electrons. The van der Waals surface area contributed by atoms with Crippen LogP contribution in [0, 0.1) is 24.5 Å². The van der Waals surface area contributed by atoms with Crippen molar-refractivity contribution in [3.05, 3.63) is 82.1 Å². The molecule has 3 amide bonds. The summed E-state index contributed by atoms with van der Waals surface area (Å²) >= 11 is 1.46. The van der Waals surface area contributed by atoms with Crippen LogP contribution < -0.4 is 15.5 Å². The SMILES string of the molecule is Cc1ccc(N2C(=O)CCC(C(=O)NCC(=O)Nc3ccc(F)c(F)c3)C2c2cccs2)cc1. The zero-order valence-electron chi connectivity index (χ0n) is 18.4. The summed E-state index contributed by atoms with van der Waals surface area (Å²) in [5.74, 6) is -3.66. The predicted octanol–water partition coefficient (Wildman–Crippen LogP) is 4.57. The van der Waals surface area contributed by atoms with Crippen molar-refractivity contribution < 1.29 is 23.2 Å². The molecular formula is C25H23F2N3O3S. The largest absolute Gasteiger partial charge is 0.347 e. The Bertz CT molecular complexity index is 1200. The van der Waals surface area contributed by atoms with Crippen LogP contribution in [0.25, 0.3) is 0 Å². The van der Waals surface area contributed by atoms with E-state index < -0.39 is 29.5 Å². The van der Waals surface area contributed by atoms with Crippen molar-refractivity contribution in [2.24, 2.45) is 5.92 Å². The molecule has 6 nitrogen and oxygen atoms in total. The lowest BCUT2D eigenvalue weighted by molar-refractivity contribution is -0.130. The monoisotopic (exact) mass is 483 g/mol. The molecule has 9 heteroatoms. The molecule has 2 N–H and O–H groups in total. The molecule has 0 aliphatic carbocycles. The summed E-state index contributed by atoms with van der Waals surface area (Å²) in [6.45, 7) is 1.62. The highest BCUT2D eigenvalue weighted by Gasteiger charge is 2.42. The van der Waals surface area contributed by atoms with Gasteiger partial charge in [-0.25, -0.2) is 8.78 Å². The minimum absolute atomic E-state index is 0.0672. The number of rotatable bonds is 6. The molecule has 2 aromatic carbocycles.